The molecule has 0 unspecified atom stereocenters. The second-order valence-corrected chi connectivity index (χ2v) is 5.13. The van der Waals surface area contributed by atoms with Gasteiger partial charge in [0.1, 0.15) is 0 Å². The monoisotopic (exact) mass is 318 g/mol. The van der Waals surface area contributed by atoms with Gasteiger partial charge in [0, 0.05) is 18.2 Å². The summed E-state index contributed by atoms with van der Waals surface area (Å²) in [7, 11) is 0. The normalized spacial score (nSPS) is 11.7. The fourth-order valence-electron chi connectivity index (χ4n) is 2.09. The second-order valence-electron chi connectivity index (χ2n) is 5.13. The van der Waals surface area contributed by atoms with Crippen molar-refractivity contribution in [2.45, 2.75) is 19.9 Å². The first-order valence-corrected chi connectivity index (χ1v) is 7.00. The van der Waals surface area contributed by atoms with E-state index in [1.165, 1.54) is 19.1 Å². The van der Waals surface area contributed by atoms with Crippen molar-refractivity contribution in [3.05, 3.63) is 65.2 Å². The molecule has 0 saturated heterocycles. The zero-order valence-corrected chi connectivity index (χ0v) is 12.7. The van der Waals surface area contributed by atoms with Gasteiger partial charge >= 0.3 is 0 Å². The van der Waals surface area contributed by atoms with Crippen molar-refractivity contribution in [2.75, 3.05) is 5.32 Å². The number of benzene rings is 2. The van der Waals surface area contributed by atoms with Gasteiger partial charge in [-0.2, -0.15) is 0 Å². The standard InChI is InChI=1S/C17H16F2N2O2/c1-10(12-6-7-15(18)16(19)9-12)20-17(23)13-4-3-5-14(8-13)21-11(2)22/h3-10H,1-2H3,(H,20,23)(H,21,22)/t10-/m1/s1. The lowest BCUT2D eigenvalue weighted by molar-refractivity contribution is -0.114. The third-order valence-electron chi connectivity index (χ3n) is 3.24. The number of hydrogen-bond donors (Lipinski definition) is 2. The topological polar surface area (TPSA) is 58.2 Å². The lowest BCUT2D eigenvalue weighted by Gasteiger charge is -2.15. The first kappa shape index (κ1) is 16.6. The van der Waals surface area contributed by atoms with E-state index in [1.54, 1.807) is 25.1 Å². The van der Waals surface area contributed by atoms with Gasteiger partial charge in [-0.15, -0.1) is 0 Å². The quantitative estimate of drug-likeness (QED) is 0.907. The highest BCUT2D eigenvalue weighted by molar-refractivity contribution is 5.96. The molecule has 2 rings (SSSR count). The number of carbonyl (C=O) groups excluding carboxylic acids is 2. The van der Waals surface area contributed by atoms with Crippen molar-refractivity contribution in [3.63, 3.8) is 0 Å². The number of halogens is 2. The van der Waals surface area contributed by atoms with Crippen LogP contribution in [0, 0.1) is 11.6 Å². The van der Waals surface area contributed by atoms with Crippen molar-refractivity contribution < 1.29 is 18.4 Å². The summed E-state index contributed by atoms with van der Waals surface area (Å²) in [5.74, 6) is -2.52. The summed E-state index contributed by atoms with van der Waals surface area (Å²) < 4.78 is 26.2. The number of rotatable bonds is 4. The molecular weight excluding hydrogens is 302 g/mol. The Balaban J connectivity index is 2.11. The summed E-state index contributed by atoms with van der Waals surface area (Å²) in [5.41, 5.74) is 1.31. The van der Waals surface area contributed by atoms with E-state index in [2.05, 4.69) is 10.6 Å². The Labute approximate surface area is 132 Å². The molecule has 0 aliphatic rings. The number of hydrogen-bond acceptors (Lipinski definition) is 2. The summed E-state index contributed by atoms with van der Waals surface area (Å²) in [4.78, 5) is 23.3. The highest BCUT2D eigenvalue weighted by Gasteiger charge is 2.14. The molecule has 0 heterocycles. The molecule has 0 spiro atoms. The zero-order chi connectivity index (χ0) is 17.0. The molecule has 2 amide bonds. The maximum atomic E-state index is 13.2. The van der Waals surface area contributed by atoms with Crippen molar-refractivity contribution >= 4 is 17.5 Å². The van der Waals surface area contributed by atoms with Gasteiger partial charge < -0.3 is 10.6 Å². The van der Waals surface area contributed by atoms with Gasteiger partial charge in [-0.05, 0) is 42.8 Å². The minimum Gasteiger partial charge on any atom is -0.346 e. The van der Waals surface area contributed by atoms with Gasteiger partial charge in [-0.1, -0.05) is 12.1 Å². The van der Waals surface area contributed by atoms with Crippen LogP contribution in [0.2, 0.25) is 0 Å². The van der Waals surface area contributed by atoms with Crippen LogP contribution in [0.1, 0.15) is 35.8 Å². The summed E-state index contributed by atoms with van der Waals surface area (Å²) in [6, 6.07) is 9.42. The van der Waals surface area contributed by atoms with Crippen LogP contribution in [0.5, 0.6) is 0 Å². The molecule has 2 aromatic rings. The summed E-state index contributed by atoms with van der Waals surface area (Å²) in [6.07, 6.45) is 0. The van der Waals surface area contributed by atoms with E-state index >= 15 is 0 Å². The van der Waals surface area contributed by atoms with Crippen LogP contribution in [0.25, 0.3) is 0 Å². The van der Waals surface area contributed by atoms with E-state index in [0.717, 1.165) is 12.1 Å². The molecule has 0 radical (unpaired) electrons. The molecule has 0 saturated carbocycles. The third-order valence-corrected chi connectivity index (χ3v) is 3.24. The van der Waals surface area contributed by atoms with Gasteiger partial charge in [-0.3, -0.25) is 9.59 Å². The van der Waals surface area contributed by atoms with Crippen molar-refractivity contribution in [1.29, 1.82) is 0 Å². The molecule has 4 nitrogen and oxygen atoms in total. The number of carbonyl (C=O) groups is 2. The Morgan fingerprint density at radius 2 is 1.78 bits per heavy atom. The van der Waals surface area contributed by atoms with Crippen molar-refractivity contribution in [3.8, 4) is 0 Å². The molecule has 23 heavy (non-hydrogen) atoms. The van der Waals surface area contributed by atoms with Crippen LogP contribution in [-0.4, -0.2) is 11.8 Å². The Bertz CT molecular complexity index is 747. The maximum Gasteiger partial charge on any atom is 0.251 e. The molecule has 0 fully saturated rings. The number of nitrogens with one attached hydrogen (secondary N) is 2. The van der Waals surface area contributed by atoms with Gasteiger partial charge in [0.15, 0.2) is 11.6 Å². The molecule has 120 valence electrons. The molecule has 2 N–H and O–H groups in total. The largest absolute Gasteiger partial charge is 0.346 e. The van der Waals surface area contributed by atoms with E-state index in [0.29, 0.717) is 16.8 Å². The van der Waals surface area contributed by atoms with E-state index < -0.39 is 17.7 Å². The number of anilines is 1. The Morgan fingerprint density at radius 3 is 2.43 bits per heavy atom. The molecule has 0 aliphatic heterocycles. The minimum absolute atomic E-state index is 0.238. The third kappa shape index (κ3) is 4.35. The van der Waals surface area contributed by atoms with E-state index in [4.69, 9.17) is 0 Å². The van der Waals surface area contributed by atoms with Gasteiger partial charge in [-0.25, -0.2) is 8.78 Å². The summed E-state index contributed by atoms with van der Waals surface area (Å²) in [6.45, 7) is 3.04. The van der Waals surface area contributed by atoms with E-state index in [1.807, 2.05) is 0 Å². The van der Waals surface area contributed by atoms with Crippen molar-refractivity contribution in [1.82, 2.24) is 5.32 Å². The molecule has 0 aromatic heterocycles. The molecular formula is C17H16F2N2O2. The Kier molecular flexibility index (Phi) is 5.05. The van der Waals surface area contributed by atoms with Gasteiger partial charge in [0.2, 0.25) is 5.91 Å². The molecule has 6 heteroatoms. The van der Waals surface area contributed by atoms with Gasteiger partial charge in [0.25, 0.3) is 5.91 Å². The summed E-state index contributed by atoms with van der Waals surface area (Å²) >= 11 is 0. The van der Waals surface area contributed by atoms with Crippen LogP contribution in [0.3, 0.4) is 0 Å². The van der Waals surface area contributed by atoms with Crippen molar-refractivity contribution in [2.24, 2.45) is 0 Å². The second kappa shape index (κ2) is 7.00. The maximum absolute atomic E-state index is 13.2. The summed E-state index contributed by atoms with van der Waals surface area (Å²) in [5, 5.41) is 5.29. The minimum atomic E-state index is -0.962. The predicted octanol–water partition coefficient (Wildman–Crippen LogP) is 3.41. The van der Waals surface area contributed by atoms with Crippen LogP contribution >= 0.6 is 0 Å². The highest BCUT2D eigenvalue weighted by Crippen LogP contribution is 2.17. The first-order valence-electron chi connectivity index (χ1n) is 7.00. The Hall–Kier alpha value is -2.76. The number of amides is 2. The van der Waals surface area contributed by atoms with Gasteiger partial charge in [0.05, 0.1) is 6.04 Å². The van der Waals surface area contributed by atoms with Crippen LogP contribution in [0.4, 0.5) is 14.5 Å². The smallest absolute Gasteiger partial charge is 0.251 e. The van der Waals surface area contributed by atoms with Crippen LogP contribution < -0.4 is 10.6 Å². The molecule has 0 bridgehead atoms. The fraction of sp³-hybridized carbons (Fsp3) is 0.176. The lowest BCUT2D eigenvalue weighted by Crippen LogP contribution is -2.26. The molecule has 0 aliphatic carbocycles. The Morgan fingerprint density at radius 1 is 1.04 bits per heavy atom. The molecule has 1 atom stereocenters. The molecule has 2 aromatic carbocycles. The van der Waals surface area contributed by atoms with E-state index in [9.17, 15) is 18.4 Å². The first-order chi connectivity index (χ1) is 10.9. The van der Waals surface area contributed by atoms with Crippen LogP contribution in [0.15, 0.2) is 42.5 Å². The lowest BCUT2D eigenvalue weighted by atomic mass is 10.1. The SMILES string of the molecule is CC(=O)Nc1cccc(C(=O)N[C@H](C)c2ccc(F)c(F)c2)c1. The highest BCUT2D eigenvalue weighted by atomic mass is 19.2. The fourth-order valence-corrected chi connectivity index (χ4v) is 2.09. The average Bonchev–Trinajstić information content (AvgIpc) is 2.49. The van der Waals surface area contributed by atoms with Crippen LogP contribution in [-0.2, 0) is 4.79 Å². The average molecular weight is 318 g/mol. The predicted molar refractivity (Wildman–Crippen MR) is 83.0 cm³/mol. The van der Waals surface area contributed by atoms with E-state index in [-0.39, 0.29) is 11.8 Å². The zero-order valence-electron chi connectivity index (χ0n) is 12.7.